The summed E-state index contributed by atoms with van der Waals surface area (Å²) in [5.41, 5.74) is 0.820. The molecule has 134 valence electrons. The number of carbonyl (C=O) groups excluding carboxylic acids is 1. The fraction of sp³-hybridized carbons (Fsp3) is 0.526. The van der Waals surface area contributed by atoms with Gasteiger partial charge >= 0.3 is 0 Å². The fourth-order valence-electron chi connectivity index (χ4n) is 3.46. The van der Waals surface area contributed by atoms with Crippen LogP contribution in [-0.2, 0) is 24.3 Å². The minimum Gasteiger partial charge on any atom is -0.334 e. The summed E-state index contributed by atoms with van der Waals surface area (Å²) in [4.78, 5) is 26.0. The maximum atomic E-state index is 12.9. The summed E-state index contributed by atoms with van der Waals surface area (Å²) in [5.74, 6) is 1.50. The van der Waals surface area contributed by atoms with Gasteiger partial charge in [0.05, 0.1) is 13.0 Å². The minimum atomic E-state index is 0.125. The van der Waals surface area contributed by atoms with Crippen LogP contribution in [-0.4, -0.2) is 56.4 Å². The van der Waals surface area contributed by atoms with E-state index < -0.39 is 0 Å². The number of carbonyl (C=O) groups is 1. The van der Waals surface area contributed by atoms with Crippen LogP contribution in [0, 0.1) is 5.92 Å². The molecule has 6 heteroatoms. The lowest BCUT2D eigenvalue weighted by Crippen LogP contribution is -2.39. The zero-order valence-corrected chi connectivity index (χ0v) is 15.1. The normalized spacial score (nSPS) is 17.4. The topological polar surface area (TPSA) is 54.3 Å². The van der Waals surface area contributed by atoms with E-state index in [-0.39, 0.29) is 5.91 Å². The summed E-state index contributed by atoms with van der Waals surface area (Å²) in [6, 6.07) is 5.70. The highest BCUT2D eigenvalue weighted by molar-refractivity contribution is 5.78. The van der Waals surface area contributed by atoms with Crippen molar-refractivity contribution in [3.05, 3.63) is 48.3 Å². The number of pyridine rings is 1. The molecule has 0 radical (unpaired) electrons. The highest BCUT2D eigenvalue weighted by atomic mass is 16.2. The number of imidazole rings is 1. The van der Waals surface area contributed by atoms with Crippen LogP contribution in [0.4, 0.5) is 0 Å². The standard InChI is InChI=1S/C19H27N5O/c1-3-22(4-2)12-16-13-23-10-9-21-18(23)15-24(14-16)19(25)11-17-7-5-6-8-20-17/h5-10,16H,3-4,11-15H2,1-2H3. The molecule has 1 unspecified atom stereocenters. The van der Waals surface area contributed by atoms with Gasteiger partial charge in [0.2, 0.25) is 5.91 Å². The molecular formula is C19H27N5O. The SMILES string of the molecule is CCN(CC)CC1CN(C(=O)Cc2ccccn2)Cc2nccn2C1. The number of hydrogen-bond acceptors (Lipinski definition) is 4. The first-order chi connectivity index (χ1) is 12.2. The van der Waals surface area contributed by atoms with E-state index >= 15 is 0 Å². The number of aromatic nitrogens is 3. The first-order valence-corrected chi connectivity index (χ1v) is 9.09. The Hall–Kier alpha value is -2.21. The Morgan fingerprint density at radius 2 is 2.04 bits per heavy atom. The van der Waals surface area contributed by atoms with E-state index in [0.717, 1.165) is 44.2 Å². The highest BCUT2D eigenvalue weighted by Crippen LogP contribution is 2.17. The van der Waals surface area contributed by atoms with Crippen molar-refractivity contribution in [2.45, 2.75) is 33.4 Å². The first kappa shape index (κ1) is 17.6. The molecule has 25 heavy (non-hydrogen) atoms. The van der Waals surface area contributed by atoms with Crippen molar-refractivity contribution in [1.82, 2.24) is 24.3 Å². The number of amides is 1. The average molecular weight is 341 g/mol. The molecule has 3 heterocycles. The molecule has 2 aromatic rings. The van der Waals surface area contributed by atoms with Gasteiger partial charge in [-0.3, -0.25) is 9.78 Å². The zero-order valence-electron chi connectivity index (χ0n) is 15.1. The summed E-state index contributed by atoms with van der Waals surface area (Å²) in [5, 5.41) is 0. The van der Waals surface area contributed by atoms with Gasteiger partial charge in [-0.2, -0.15) is 0 Å². The number of fused-ring (bicyclic) bond motifs is 1. The third-order valence-electron chi connectivity index (χ3n) is 4.89. The molecule has 0 fully saturated rings. The monoisotopic (exact) mass is 341 g/mol. The largest absolute Gasteiger partial charge is 0.334 e. The smallest absolute Gasteiger partial charge is 0.229 e. The highest BCUT2D eigenvalue weighted by Gasteiger charge is 2.26. The summed E-state index contributed by atoms with van der Waals surface area (Å²) < 4.78 is 2.20. The van der Waals surface area contributed by atoms with Crippen LogP contribution in [0.3, 0.4) is 0 Å². The Morgan fingerprint density at radius 3 is 2.76 bits per heavy atom. The van der Waals surface area contributed by atoms with Crippen LogP contribution in [0.25, 0.3) is 0 Å². The third-order valence-corrected chi connectivity index (χ3v) is 4.89. The summed E-state index contributed by atoms with van der Waals surface area (Å²) in [6.07, 6.45) is 5.94. The molecule has 0 bridgehead atoms. The van der Waals surface area contributed by atoms with Gasteiger partial charge < -0.3 is 14.4 Å². The second kappa shape index (κ2) is 8.25. The number of hydrogen-bond donors (Lipinski definition) is 0. The average Bonchev–Trinajstić information content (AvgIpc) is 2.98. The van der Waals surface area contributed by atoms with Crippen molar-refractivity contribution in [3.63, 3.8) is 0 Å². The maximum absolute atomic E-state index is 12.9. The van der Waals surface area contributed by atoms with Crippen molar-refractivity contribution in [2.75, 3.05) is 26.2 Å². The lowest BCUT2D eigenvalue weighted by atomic mass is 10.1. The van der Waals surface area contributed by atoms with Crippen molar-refractivity contribution >= 4 is 5.91 Å². The quantitative estimate of drug-likeness (QED) is 0.804. The molecule has 0 aromatic carbocycles. The number of nitrogens with zero attached hydrogens (tertiary/aromatic N) is 5. The fourth-order valence-corrected chi connectivity index (χ4v) is 3.46. The van der Waals surface area contributed by atoms with Gasteiger partial charge in [-0.15, -0.1) is 0 Å². The van der Waals surface area contributed by atoms with E-state index in [1.165, 1.54) is 0 Å². The van der Waals surface area contributed by atoms with Crippen LogP contribution in [0.2, 0.25) is 0 Å². The second-order valence-corrected chi connectivity index (χ2v) is 6.62. The molecule has 0 N–H and O–H groups in total. The van der Waals surface area contributed by atoms with Crippen LogP contribution < -0.4 is 0 Å². The van der Waals surface area contributed by atoms with Crippen LogP contribution >= 0.6 is 0 Å². The molecule has 6 nitrogen and oxygen atoms in total. The molecule has 0 spiro atoms. The van der Waals surface area contributed by atoms with Gasteiger partial charge in [-0.1, -0.05) is 19.9 Å². The van der Waals surface area contributed by atoms with Gasteiger partial charge in [0.1, 0.15) is 5.82 Å². The van der Waals surface area contributed by atoms with E-state index in [4.69, 9.17) is 0 Å². The van der Waals surface area contributed by atoms with E-state index in [1.54, 1.807) is 6.20 Å². The van der Waals surface area contributed by atoms with Crippen molar-refractivity contribution in [3.8, 4) is 0 Å². The molecule has 0 saturated heterocycles. The van der Waals surface area contributed by atoms with Crippen molar-refractivity contribution in [2.24, 2.45) is 5.92 Å². The maximum Gasteiger partial charge on any atom is 0.229 e. The Balaban J connectivity index is 1.74. The molecule has 1 amide bonds. The predicted octanol–water partition coefficient (Wildman–Crippen LogP) is 1.82. The van der Waals surface area contributed by atoms with Gasteiger partial charge in [0, 0.05) is 49.8 Å². The molecule has 0 saturated carbocycles. The van der Waals surface area contributed by atoms with E-state index in [2.05, 4.69) is 33.3 Å². The zero-order chi connectivity index (χ0) is 17.6. The lowest BCUT2D eigenvalue weighted by Gasteiger charge is -2.28. The van der Waals surface area contributed by atoms with E-state index in [9.17, 15) is 4.79 Å². The van der Waals surface area contributed by atoms with Crippen LogP contribution in [0.15, 0.2) is 36.8 Å². The van der Waals surface area contributed by atoms with Crippen molar-refractivity contribution < 1.29 is 4.79 Å². The van der Waals surface area contributed by atoms with Gasteiger partial charge in [-0.05, 0) is 25.2 Å². The summed E-state index contributed by atoms with van der Waals surface area (Å²) in [6.45, 7) is 9.70. The van der Waals surface area contributed by atoms with E-state index in [0.29, 0.717) is 18.9 Å². The van der Waals surface area contributed by atoms with Gasteiger partial charge in [-0.25, -0.2) is 4.98 Å². The summed E-state index contributed by atoms with van der Waals surface area (Å²) >= 11 is 0. The Bertz CT molecular complexity index is 680. The predicted molar refractivity (Wildman–Crippen MR) is 96.9 cm³/mol. The molecule has 3 rings (SSSR count). The summed E-state index contributed by atoms with van der Waals surface area (Å²) in [7, 11) is 0. The van der Waals surface area contributed by atoms with E-state index in [1.807, 2.05) is 35.5 Å². The Labute approximate surface area is 149 Å². The molecule has 0 aliphatic carbocycles. The minimum absolute atomic E-state index is 0.125. The van der Waals surface area contributed by atoms with Crippen LogP contribution in [0.5, 0.6) is 0 Å². The van der Waals surface area contributed by atoms with Gasteiger partial charge in [0.15, 0.2) is 0 Å². The Morgan fingerprint density at radius 1 is 1.20 bits per heavy atom. The molecular weight excluding hydrogens is 314 g/mol. The third kappa shape index (κ3) is 4.45. The first-order valence-electron chi connectivity index (χ1n) is 9.09. The molecule has 2 aromatic heterocycles. The van der Waals surface area contributed by atoms with Gasteiger partial charge in [0.25, 0.3) is 0 Å². The second-order valence-electron chi connectivity index (χ2n) is 6.62. The molecule has 1 atom stereocenters. The Kier molecular flexibility index (Phi) is 5.81. The molecule has 1 aliphatic heterocycles. The molecule has 1 aliphatic rings. The lowest BCUT2D eigenvalue weighted by molar-refractivity contribution is -0.131. The van der Waals surface area contributed by atoms with Crippen molar-refractivity contribution in [1.29, 1.82) is 0 Å². The number of rotatable bonds is 6. The van der Waals surface area contributed by atoms with Crippen LogP contribution in [0.1, 0.15) is 25.4 Å².